The van der Waals surface area contributed by atoms with Crippen molar-refractivity contribution in [3.8, 4) is 0 Å². The molecule has 0 aromatic carbocycles. The molecule has 0 spiro atoms. The molecule has 0 saturated carbocycles. The Morgan fingerprint density at radius 2 is 1.96 bits per heavy atom. The zero-order chi connectivity index (χ0) is 16.8. The molecule has 0 bridgehead atoms. The molecule has 0 fully saturated rings. The van der Waals surface area contributed by atoms with Crippen LogP contribution in [-0.4, -0.2) is 25.8 Å². The Hall–Kier alpha value is -3.42. The molecule has 3 heterocycles. The van der Waals surface area contributed by atoms with Crippen molar-refractivity contribution in [3.63, 3.8) is 0 Å². The largest absolute Gasteiger partial charge is 0.396 e. The molecule has 0 aliphatic rings. The van der Waals surface area contributed by atoms with E-state index in [1.165, 1.54) is 12.5 Å². The fourth-order valence-electron chi connectivity index (χ4n) is 1.91. The van der Waals surface area contributed by atoms with Crippen LogP contribution in [0.15, 0.2) is 64.7 Å². The van der Waals surface area contributed by atoms with Gasteiger partial charge in [0, 0.05) is 30.2 Å². The van der Waals surface area contributed by atoms with Gasteiger partial charge in [-0.2, -0.15) is 4.39 Å². The summed E-state index contributed by atoms with van der Waals surface area (Å²) in [6.07, 6.45) is 7.54. The maximum atomic E-state index is 13.6. The van der Waals surface area contributed by atoms with E-state index < -0.39 is 5.95 Å². The molecule has 0 atom stereocenters. The van der Waals surface area contributed by atoms with Crippen molar-refractivity contribution in [1.82, 2.24) is 20.1 Å². The lowest BCUT2D eigenvalue weighted by atomic mass is 10.2. The maximum Gasteiger partial charge on any atom is 0.217 e. The van der Waals surface area contributed by atoms with Gasteiger partial charge < -0.3 is 10.3 Å². The van der Waals surface area contributed by atoms with Crippen molar-refractivity contribution in [2.45, 2.75) is 6.54 Å². The van der Waals surface area contributed by atoms with Gasteiger partial charge in [0.1, 0.15) is 12.0 Å². The van der Waals surface area contributed by atoms with E-state index >= 15 is 0 Å². The minimum atomic E-state index is -0.566. The van der Waals surface area contributed by atoms with E-state index in [4.69, 9.17) is 10.3 Å². The van der Waals surface area contributed by atoms with Crippen LogP contribution in [0.3, 0.4) is 0 Å². The lowest BCUT2D eigenvalue weighted by Gasteiger charge is -2.02. The highest BCUT2D eigenvalue weighted by Gasteiger charge is 2.09. The summed E-state index contributed by atoms with van der Waals surface area (Å²) in [5, 5.41) is 3.84. The number of aliphatic imine (C=N–C) groups is 1. The average molecular weight is 324 g/mol. The van der Waals surface area contributed by atoms with Crippen molar-refractivity contribution in [2.24, 2.45) is 10.7 Å². The van der Waals surface area contributed by atoms with E-state index in [-0.39, 0.29) is 6.54 Å². The normalized spacial score (nSPS) is 12.4. The summed E-state index contributed by atoms with van der Waals surface area (Å²) < 4.78 is 18.5. The van der Waals surface area contributed by atoms with Crippen LogP contribution < -0.4 is 5.73 Å². The van der Waals surface area contributed by atoms with Gasteiger partial charge in [-0.05, 0) is 18.2 Å². The first-order valence-electron chi connectivity index (χ1n) is 7.03. The zero-order valence-corrected chi connectivity index (χ0v) is 12.5. The van der Waals surface area contributed by atoms with Crippen molar-refractivity contribution in [1.29, 1.82) is 0 Å². The van der Waals surface area contributed by atoms with Crippen LogP contribution in [0.4, 0.5) is 4.39 Å². The predicted octanol–water partition coefficient (Wildman–Crippen LogP) is 1.99. The minimum absolute atomic E-state index is 0.0846. The molecule has 0 aliphatic carbocycles. The van der Waals surface area contributed by atoms with Gasteiger partial charge in [0.2, 0.25) is 5.95 Å². The quantitative estimate of drug-likeness (QED) is 0.568. The number of rotatable bonds is 5. The minimum Gasteiger partial charge on any atom is -0.396 e. The molecule has 3 aromatic heterocycles. The van der Waals surface area contributed by atoms with Crippen LogP contribution in [0.2, 0.25) is 0 Å². The van der Waals surface area contributed by atoms with Crippen LogP contribution in [-0.2, 0) is 6.54 Å². The van der Waals surface area contributed by atoms with Crippen LogP contribution in [0.1, 0.15) is 17.1 Å². The van der Waals surface area contributed by atoms with E-state index in [0.717, 1.165) is 0 Å². The van der Waals surface area contributed by atoms with Gasteiger partial charge in [-0.25, -0.2) is 15.0 Å². The third-order valence-corrected chi connectivity index (χ3v) is 3.07. The van der Waals surface area contributed by atoms with Crippen molar-refractivity contribution in [3.05, 3.63) is 78.2 Å². The Labute approximate surface area is 136 Å². The second kappa shape index (κ2) is 7.23. The average Bonchev–Trinajstić information content (AvgIpc) is 3.15. The van der Waals surface area contributed by atoms with Crippen molar-refractivity contribution >= 4 is 11.4 Å². The van der Waals surface area contributed by atoms with Crippen LogP contribution in [0, 0.1) is 5.95 Å². The predicted molar refractivity (Wildman–Crippen MR) is 85.1 cm³/mol. The molecule has 0 amide bonds. The van der Waals surface area contributed by atoms with Crippen molar-refractivity contribution in [2.75, 3.05) is 0 Å². The number of aromatic nitrogens is 4. The first kappa shape index (κ1) is 15.5. The van der Waals surface area contributed by atoms with Crippen LogP contribution in [0.5, 0.6) is 0 Å². The molecular formula is C16H13FN6O. The Morgan fingerprint density at radius 3 is 2.67 bits per heavy atom. The number of hydrogen-bond donors (Lipinski definition) is 1. The first-order chi connectivity index (χ1) is 11.7. The van der Waals surface area contributed by atoms with Gasteiger partial charge in [0.15, 0.2) is 5.82 Å². The van der Waals surface area contributed by atoms with E-state index in [1.807, 2.05) is 0 Å². The van der Waals surface area contributed by atoms with Gasteiger partial charge in [-0.15, -0.1) is 0 Å². The molecule has 3 aromatic rings. The topological polar surface area (TPSA) is 103 Å². The number of allylic oxidation sites excluding steroid dienone is 1. The molecule has 3 rings (SSSR count). The summed E-state index contributed by atoms with van der Waals surface area (Å²) in [5.74, 6) is -0.203. The Balaban J connectivity index is 1.93. The molecule has 120 valence electrons. The molecule has 0 unspecified atom stereocenters. The van der Waals surface area contributed by atoms with Gasteiger partial charge in [-0.3, -0.25) is 4.99 Å². The molecule has 0 saturated heterocycles. The molecular weight excluding hydrogens is 311 g/mol. The van der Waals surface area contributed by atoms with Crippen LogP contribution >= 0.6 is 0 Å². The standard InChI is InChI=1S/C16H13FN6O/c17-15-11(3-1-5-19-15)10-22-14(13-4-8-24-23-13)9-12(18)16-20-6-2-7-21-16/h1-9H,10,18H2/b12-9-,22-14?. The first-order valence-corrected chi connectivity index (χ1v) is 7.03. The number of halogens is 1. The van der Waals surface area contributed by atoms with E-state index in [0.29, 0.717) is 28.5 Å². The van der Waals surface area contributed by atoms with Gasteiger partial charge in [0.25, 0.3) is 0 Å². The SMILES string of the molecule is N/C(=C\C(=NCc1cccnc1F)c1ccon1)c1ncccn1. The highest BCUT2D eigenvalue weighted by atomic mass is 19.1. The third kappa shape index (κ3) is 3.67. The molecule has 0 radical (unpaired) electrons. The van der Waals surface area contributed by atoms with Crippen molar-refractivity contribution < 1.29 is 8.91 Å². The fraction of sp³-hybridized carbons (Fsp3) is 0.0625. The lowest BCUT2D eigenvalue weighted by Crippen LogP contribution is -2.07. The summed E-state index contributed by atoms with van der Waals surface area (Å²) in [5.41, 5.74) is 7.58. The van der Waals surface area contributed by atoms with E-state index in [1.54, 1.807) is 42.7 Å². The summed E-state index contributed by atoms with van der Waals surface area (Å²) in [7, 11) is 0. The van der Waals surface area contributed by atoms with Gasteiger partial charge in [0.05, 0.1) is 18.0 Å². The third-order valence-electron chi connectivity index (χ3n) is 3.07. The number of pyridine rings is 1. The molecule has 8 heteroatoms. The van der Waals surface area contributed by atoms with Gasteiger partial charge in [-0.1, -0.05) is 11.2 Å². The van der Waals surface area contributed by atoms with Crippen LogP contribution in [0.25, 0.3) is 5.70 Å². The fourth-order valence-corrected chi connectivity index (χ4v) is 1.91. The van der Waals surface area contributed by atoms with Gasteiger partial charge >= 0.3 is 0 Å². The van der Waals surface area contributed by atoms with E-state index in [2.05, 4.69) is 25.1 Å². The number of hydrogen-bond acceptors (Lipinski definition) is 7. The molecule has 24 heavy (non-hydrogen) atoms. The molecule has 7 nitrogen and oxygen atoms in total. The Kier molecular flexibility index (Phi) is 4.66. The molecule has 0 aliphatic heterocycles. The zero-order valence-electron chi connectivity index (χ0n) is 12.5. The molecule has 2 N–H and O–H groups in total. The highest BCUT2D eigenvalue weighted by molar-refractivity contribution is 6.10. The monoisotopic (exact) mass is 324 g/mol. The second-order valence-corrected chi connectivity index (χ2v) is 4.71. The maximum absolute atomic E-state index is 13.6. The number of nitrogens with two attached hydrogens (primary N) is 1. The Morgan fingerprint density at radius 1 is 1.17 bits per heavy atom. The Bertz CT molecular complexity index is 861. The summed E-state index contributed by atoms with van der Waals surface area (Å²) in [6, 6.07) is 6.58. The number of nitrogens with zero attached hydrogens (tertiary/aromatic N) is 5. The smallest absolute Gasteiger partial charge is 0.217 e. The second-order valence-electron chi connectivity index (χ2n) is 4.71. The van der Waals surface area contributed by atoms with E-state index in [9.17, 15) is 4.39 Å². The lowest BCUT2D eigenvalue weighted by molar-refractivity contribution is 0.418. The summed E-state index contributed by atoms with van der Waals surface area (Å²) in [4.78, 5) is 16.1. The highest BCUT2D eigenvalue weighted by Crippen LogP contribution is 2.10. The summed E-state index contributed by atoms with van der Waals surface area (Å²) >= 11 is 0. The summed E-state index contributed by atoms with van der Waals surface area (Å²) in [6.45, 7) is 0.0846.